The van der Waals surface area contributed by atoms with E-state index >= 15 is 0 Å². The van der Waals surface area contributed by atoms with Crippen LogP contribution in [0.3, 0.4) is 0 Å². The van der Waals surface area contributed by atoms with E-state index in [1.165, 1.54) is 0 Å². The van der Waals surface area contributed by atoms with Crippen LogP contribution in [0.2, 0.25) is 0 Å². The smallest absolute Gasteiger partial charge is 0.632 e. The van der Waals surface area contributed by atoms with Crippen LogP contribution in [0, 0.1) is 0 Å². The van der Waals surface area contributed by atoms with E-state index < -0.39 is 11.7 Å². The predicted octanol–water partition coefficient (Wildman–Crippen LogP) is 1.97. The van der Waals surface area contributed by atoms with Crippen LogP contribution in [0.1, 0.15) is 20.8 Å². The molecule has 0 unspecified atom stereocenters. The molecule has 0 aromatic carbocycles. The molecule has 0 bridgehead atoms. The summed E-state index contributed by atoms with van der Waals surface area (Å²) in [6.45, 7) is 5.16. The largest absolute Gasteiger partial charge is 1.00 e. The van der Waals surface area contributed by atoms with Gasteiger partial charge in [-0.05, 0) is 20.8 Å². The van der Waals surface area contributed by atoms with Gasteiger partial charge >= 0.3 is 19.5 Å². The molecular formula is C5H10NO2Ru. The first-order chi connectivity index (χ1) is 3.42. The monoisotopic (exact) mass is 218 g/mol. The molecule has 0 saturated carbocycles. The van der Waals surface area contributed by atoms with E-state index in [0.717, 1.165) is 0 Å². The number of ether oxygens (including phenoxy) is 1. The quantitative estimate of drug-likeness (QED) is 0.582. The zero-order valence-corrected chi connectivity index (χ0v) is 7.41. The minimum atomic E-state index is -0.975. The molecule has 0 aliphatic carbocycles. The molecule has 0 aliphatic rings. The molecule has 1 amide bonds. The van der Waals surface area contributed by atoms with E-state index in [0.29, 0.717) is 0 Å². The summed E-state index contributed by atoms with van der Waals surface area (Å²) in [5.41, 5.74) is 5.86. The second-order valence-electron chi connectivity index (χ2n) is 2.50. The van der Waals surface area contributed by atoms with Crippen molar-refractivity contribution in [2.45, 2.75) is 26.4 Å². The Kier molecular flexibility index (Phi) is 4.97. The third kappa shape index (κ3) is 11.4. The van der Waals surface area contributed by atoms with E-state index in [2.05, 4.69) is 4.74 Å². The number of hydrogen-bond donors (Lipinski definition) is 0. The van der Waals surface area contributed by atoms with Crippen molar-refractivity contribution in [3.63, 3.8) is 0 Å². The maximum atomic E-state index is 9.90. The second kappa shape index (κ2) is 3.83. The third-order valence-electron chi connectivity index (χ3n) is 0.399. The molecular weight excluding hydrogens is 207 g/mol. The molecule has 0 rings (SSSR count). The Morgan fingerprint density at radius 1 is 1.44 bits per heavy atom. The van der Waals surface area contributed by atoms with E-state index in [9.17, 15) is 4.79 Å². The minimum Gasteiger partial charge on any atom is -0.632 e. The predicted molar refractivity (Wildman–Crippen MR) is 30.6 cm³/mol. The van der Waals surface area contributed by atoms with Gasteiger partial charge in [-0.1, -0.05) is 0 Å². The van der Waals surface area contributed by atoms with Crippen LogP contribution >= 0.6 is 0 Å². The zero-order valence-electron chi connectivity index (χ0n) is 5.67. The summed E-state index contributed by atoms with van der Waals surface area (Å²) in [6.07, 6.45) is -0.975. The average molecular weight is 217 g/mol. The second-order valence-corrected chi connectivity index (χ2v) is 2.50. The van der Waals surface area contributed by atoms with Crippen LogP contribution in [0.4, 0.5) is 4.79 Å². The number of amides is 1. The van der Waals surface area contributed by atoms with E-state index in [1.807, 2.05) is 0 Å². The fourth-order valence-corrected chi connectivity index (χ4v) is 0.278. The first-order valence-electron chi connectivity index (χ1n) is 2.36. The fourth-order valence-electron chi connectivity index (χ4n) is 0.278. The maximum Gasteiger partial charge on any atom is 1.00 e. The molecule has 9 heavy (non-hydrogen) atoms. The Morgan fingerprint density at radius 2 is 1.78 bits per heavy atom. The number of nitrogens with one attached hydrogen (secondary N) is 1. The average Bonchev–Trinajstić information content (AvgIpc) is 1.21. The number of carbonyl (C=O) groups is 1. The summed E-state index contributed by atoms with van der Waals surface area (Å²) in [5, 5.41) is 0. The molecule has 55 valence electrons. The first-order valence-corrected chi connectivity index (χ1v) is 2.36. The van der Waals surface area contributed by atoms with Crippen molar-refractivity contribution in [2.24, 2.45) is 0 Å². The van der Waals surface area contributed by atoms with Gasteiger partial charge in [0.1, 0.15) is 5.60 Å². The van der Waals surface area contributed by atoms with Crippen LogP contribution in [-0.4, -0.2) is 11.7 Å². The molecule has 0 fully saturated rings. The van der Waals surface area contributed by atoms with Crippen LogP contribution in [0.25, 0.3) is 5.73 Å². The molecule has 0 spiro atoms. The Hall–Kier alpha value is -0.107. The fraction of sp³-hybridized carbons (Fsp3) is 0.800. The first kappa shape index (κ1) is 11.7. The summed E-state index contributed by atoms with van der Waals surface area (Å²) in [5.74, 6) is 0. The number of rotatable bonds is 0. The standard InChI is InChI=1S/C5H11NO2.Ru/c1-5(2,3)8-4(6)7;/h1-3H3,(H2,6,7);/q;+1/p-1. The van der Waals surface area contributed by atoms with Crippen LogP contribution in [-0.2, 0) is 24.2 Å². The third-order valence-corrected chi connectivity index (χ3v) is 0.399. The van der Waals surface area contributed by atoms with Crippen molar-refractivity contribution in [1.82, 2.24) is 0 Å². The zero-order chi connectivity index (χ0) is 6.78. The van der Waals surface area contributed by atoms with Crippen molar-refractivity contribution < 1.29 is 29.0 Å². The molecule has 0 aliphatic heterocycles. The Morgan fingerprint density at radius 3 is 1.78 bits per heavy atom. The molecule has 4 heteroatoms. The van der Waals surface area contributed by atoms with Gasteiger partial charge < -0.3 is 10.5 Å². The van der Waals surface area contributed by atoms with Gasteiger partial charge in [0.05, 0.1) is 0 Å². The molecule has 1 radical (unpaired) electrons. The van der Waals surface area contributed by atoms with Crippen molar-refractivity contribution in [3.8, 4) is 0 Å². The maximum absolute atomic E-state index is 9.90. The van der Waals surface area contributed by atoms with Gasteiger partial charge in [-0.15, -0.1) is 0 Å². The summed E-state index contributed by atoms with van der Waals surface area (Å²) >= 11 is 0. The molecule has 0 aromatic rings. The van der Waals surface area contributed by atoms with Gasteiger partial charge in [-0.2, -0.15) is 0 Å². The molecule has 0 atom stereocenters. The number of hydrogen-bond acceptors (Lipinski definition) is 2. The summed E-state index contributed by atoms with van der Waals surface area (Å²) in [6, 6.07) is 0. The normalized spacial score (nSPS) is 9.67. The van der Waals surface area contributed by atoms with Crippen molar-refractivity contribution >= 4 is 6.09 Å². The molecule has 0 heterocycles. The Labute approximate surface area is 67.7 Å². The summed E-state index contributed by atoms with van der Waals surface area (Å²) in [7, 11) is 0. The molecule has 0 aromatic heterocycles. The van der Waals surface area contributed by atoms with Crippen molar-refractivity contribution in [1.29, 1.82) is 0 Å². The molecule has 3 nitrogen and oxygen atoms in total. The Bertz CT molecular complexity index is 97.6. The summed E-state index contributed by atoms with van der Waals surface area (Å²) in [4.78, 5) is 9.90. The Balaban J connectivity index is 0. The van der Waals surface area contributed by atoms with Gasteiger partial charge in [-0.3, -0.25) is 4.79 Å². The van der Waals surface area contributed by atoms with E-state index in [1.54, 1.807) is 20.8 Å². The SMILES string of the molecule is CC(C)(C)OC([NH-])=O.[Ru+]. The van der Waals surface area contributed by atoms with Gasteiger partial charge in [0.25, 0.3) is 0 Å². The van der Waals surface area contributed by atoms with Crippen LogP contribution in [0.15, 0.2) is 0 Å². The van der Waals surface area contributed by atoms with E-state index in [-0.39, 0.29) is 19.5 Å². The van der Waals surface area contributed by atoms with Gasteiger partial charge in [0, 0.05) is 0 Å². The van der Waals surface area contributed by atoms with Crippen molar-refractivity contribution in [2.75, 3.05) is 0 Å². The molecule has 0 saturated heterocycles. The molecule has 1 N–H and O–H groups in total. The van der Waals surface area contributed by atoms with E-state index in [4.69, 9.17) is 5.73 Å². The topological polar surface area (TPSA) is 50.1 Å². The van der Waals surface area contributed by atoms with Gasteiger partial charge in [0.15, 0.2) is 0 Å². The van der Waals surface area contributed by atoms with Crippen LogP contribution < -0.4 is 0 Å². The van der Waals surface area contributed by atoms with Gasteiger partial charge in [0.2, 0.25) is 6.09 Å². The number of carbonyl (C=O) groups excluding carboxylic acids is 1. The van der Waals surface area contributed by atoms with Crippen molar-refractivity contribution in [3.05, 3.63) is 5.73 Å². The minimum absolute atomic E-state index is 0. The summed E-state index contributed by atoms with van der Waals surface area (Å²) < 4.78 is 4.47. The van der Waals surface area contributed by atoms with Gasteiger partial charge in [-0.25, -0.2) is 0 Å². The van der Waals surface area contributed by atoms with Crippen LogP contribution in [0.5, 0.6) is 0 Å².